The Hall–Kier alpha value is -2.44. The first kappa shape index (κ1) is 16.4. The minimum atomic E-state index is -0.560. The van der Waals surface area contributed by atoms with Crippen LogP contribution in [0, 0.1) is 0 Å². The summed E-state index contributed by atoms with van der Waals surface area (Å²) in [5.74, 6) is -0.313. The molecule has 1 aromatic heterocycles. The SMILES string of the molecule is C[C@@H](C(=O)N/N=C\c1ccc(Cl)cc1Cl)n1nnc2ccccc21. The molecule has 0 radical (unpaired) electrons. The van der Waals surface area contributed by atoms with Crippen molar-refractivity contribution in [3.8, 4) is 0 Å². The van der Waals surface area contributed by atoms with Gasteiger partial charge in [-0.3, -0.25) is 4.79 Å². The van der Waals surface area contributed by atoms with Crippen LogP contribution in [0.1, 0.15) is 18.5 Å². The number of fused-ring (bicyclic) bond motifs is 1. The van der Waals surface area contributed by atoms with Gasteiger partial charge in [-0.1, -0.05) is 46.6 Å². The van der Waals surface area contributed by atoms with Gasteiger partial charge in [0.2, 0.25) is 0 Å². The van der Waals surface area contributed by atoms with Gasteiger partial charge in [-0.25, -0.2) is 10.1 Å². The number of aromatic nitrogens is 3. The van der Waals surface area contributed by atoms with Crippen LogP contribution in [0.25, 0.3) is 11.0 Å². The van der Waals surface area contributed by atoms with E-state index < -0.39 is 6.04 Å². The molecule has 2 aromatic carbocycles. The predicted octanol–water partition coefficient (Wildman–Crippen LogP) is 3.45. The van der Waals surface area contributed by atoms with E-state index >= 15 is 0 Å². The molecule has 3 rings (SSSR count). The first-order valence-electron chi connectivity index (χ1n) is 7.14. The molecule has 6 nitrogen and oxygen atoms in total. The Balaban J connectivity index is 1.71. The Morgan fingerprint density at radius 3 is 2.88 bits per heavy atom. The van der Waals surface area contributed by atoms with Crippen molar-refractivity contribution >= 4 is 46.4 Å². The van der Waals surface area contributed by atoms with E-state index in [0.717, 1.165) is 11.0 Å². The van der Waals surface area contributed by atoms with Gasteiger partial charge >= 0.3 is 0 Å². The number of nitrogens with zero attached hydrogens (tertiary/aromatic N) is 4. The molecule has 122 valence electrons. The van der Waals surface area contributed by atoms with Crippen LogP contribution in [0.3, 0.4) is 0 Å². The zero-order valence-corrected chi connectivity index (χ0v) is 14.2. The summed E-state index contributed by atoms with van der Waals surface area (Å²) >= 11 is 11.9. The van der Waals surface area contributed by atoms with Crippen molar-refractivity contribution in [2.75, 3.05) is 0 Å². The second-order valence-electron chi connectivity index (χ2n) is 5.10. The molecule has 3 aromatic rings. The number of rotatable bonds is 4. The highest BCUT2D eigenvalue weighted by Gasteiger charge is 2.18. The van der Waals surface area contributed by atoms with Crippen LogP contribution in [-0.4, -0.2) is 27.1 Å². The minimum absolute atomic E-state index is 0.313. The molecule has 0 spiro atoms. The molecule has 0 aliphatic carbocycles. The van der Waals surface area contributed by atoms with E-state index in [0.29, 0.717) is 15.6 Å². The van der Waals surface area contributed by atoms with Crippen LogP contribution >= 0.6 is 23.2 Å². The smallest absolute Gasteiger partial charge is 0.264 e. The molecule has 0 saturated heterocycles. The zero-order valence-electron chi connectivity index (χ0n) is 12.6. The molecular formula is C16H13Cl2N5O. The number of hydrazone groups is 1. The Labute approximate surface area is 148 Å². The highest BCUT2D eigenvalue weighted by molar-refractivity contribution is 6.36. The average molecular weight is 362 g/mol. The first-order valence-corrected chi connectivity index (χ1v) is 7.90. The summed E-state index contributed by atoms with van der Waals surface area (Å²) in [6.07, 6.45) is 1.46. The lowest BCUT2D eigenvalue weighted by Gasteiger charge is -2.10. The Kier molecular flexibility index (Phi) is 4.78. The van der Waals surface area contributed by atoms with Gasteiger partial charge < -0.3 is 0 Å². The van der Waals surface area contributed by atoms with Gasteiger partial charge in [0.05, 0.1) is 16.8 Å². The van der Waals surface area contributed by atoms with Crippen molar-refractivity contribution in [2.24, 2.45) is 5.10 Å². The van der Waals surface area contributed by atoms with Crippen molar-refractivity contribution in [3.63, 3.8) is 0 Å². The number of benzene rings is 2. The van der Waals surface area contributed by atoms with Crippen LogP contribution in [0.5, 0.6) is 0 Å². The fraction of sp³-hybridized carbons (Fsp3) is 0.125. The van der Waals surface area contributed by atoms with Gasteiger partial charge in [-0.15, -0.1) is 5.10 Å². The largest absolute Gasteiger partial charge is 0.271 e. The normalized spacial score (nSPS) is 12.6. The maximum absolute atomic E-state index is 12.2. The standard InChI is InChI=1S/C16H13Cl2N5O/c1-10(23-15-5-3-2-4-14(15)20-22-23)16(24)21-19-9-11-6-7-12(17)8-13(11)18/h2-10H,1H3,(H,21,24)/b19-9-/t10-/m0/s1. The monoisotopic (exact) mass is 361 g/mol. The van der Waals surface area contributed by atoms with Crippen LogP contribution in [0.2, 0.25) is 10.0 Å². The molecule has 1 heterocycles. The number of para-hydroxylation sites is 1. The second-order valence-corrected chi connectivity index (χ2v) is 5.94. The molecule has 0 bridgehead atoms. The van der Waals surface area contributed by atoms with Crippen molar-refractivity contribution in [1.82, 2.24) is 20.4 Å². The van der Waals surface area contributed by atoms with E-state index in [1.807, 2.05) is 24.3 Å². The fourth-order valence-electron chi connectivity index (χ4n) is 2.15. The molecule has 1 atom stereocenters. The predicted molar refractivity (Wildman–Crippen MR) is 94.4 cm³/mol. The zero-order chi connectivity index (χ0) is 17.1. The van der Waals surface area contributed by atoms with E-state index in [9.17, 15) is 4.79 Å². The van der Waals surface area contributed by atoms with Crippen molar-refractivity contribution in [2.45, 2.75) is 13.0 Å². The van der Waals surface area contributed by atoms with Crippen molar-refractivity contribution in [1.29, 1.82) is 0 Å². The summed E-state index contributed by atoms with van der Waals surface area (Å²) < 4.78 is 1.55. The number of hydrogen-bond donors (Lipinski definition) is 1. The molecule has 8 heteroatoms. The number of amides is 1. The van der Waals surface area contributed by atoms with Crippen LogP contribution in [0.4, 0.5) is 0 Å². The number of hydrogen-bond acceptors (Lipinski definition) is 4. The molecule has 0 aliphatic rings. The summed E-state index contributed by atoms with van der Waals surface area (Å²) in [7, 11) is 0. The molecule has 1 amide bonds. The van der Waals surface area contributed by atoms with E-state index in [2.05, 4.69) is 20.8 Å². The van der Waals surface area contributed by atoms with E-state index in [1.54, 1.807) is 29.8 Å². The summed E-state index contributed by atoms with van der Waals surface area (Å²) in [5, 5.41) is 13.0. The molecule has 0 aliphatic heterocycles. The third kappa shape index (κ3) is 3.39. The van der Waals surface area contributed by atoms with Gasteiger partial charge in [0.25, 0.3) is 5.91 Å². The van der Waals surface area contributed by atoms with Crippen LogP contribution in [-0.2, 0) is 4.79 Å². The van der Waals surface area contributed by atoms with Gasteiger partial charge in [0.15, 0.2) is 0 Å². The first-order chi connectivity index (χ1) is 11.6. The van der Waals surface area contributed by atoms with Crippen molar-refractivity contribution < 1.29 is 4.79 Å². The van der Waals surface area contributed by atoms with Crippen LogP contribution < -0.4 is 5.43 Å². The number of nitrogens with one attached hydrogen (secondary N) is 1. The minimum Gasteiger partial charge on any atom is -0.271 e. The molecule has 1 N–H and O–H groups in total. The Morgan fingerprint density at radius 1 is 1.29 bits per heavy atom. The summed E-state index contributed by atoms with van der Waals surface area (Å²) in [4.78, 5) is 12.2. The molecule has 0 saturated carbocycles. The molecule has 24 heavy (non-hydrogen) atoms. The number of halogens is 2. The molecule has 0 unspecified atom stereocenters. The maximum atomic E-state index is 12.2. The van der Waals surface area contributed by atoms with Crippen molar-refractivity contribution in [3.05, 3.63) is 58.1 Å². The molecule has 0 fully saturated rings. The van der Waals surface area contributed by atoms with Gasteiger partial charge in [0, 0.05) is 10.6 Å². The van der Waals surface area contributed by atoms with Gasteiger partial charge in [-0.05, 0) is 31.2 Å². The number of carbonyl (C=O) groups is 1. The lowest BCUT2D eigenvalue weighted by atomic mass is 10.2. The van der Waals surface area contributed by atoms with E-state index in [-0.39, 0.29) is 5.91 Å². The summed E-state index contributed by atoms with van der Waals surface area (Å²) in [6.45, 7) is 1.72. The van der Waals surface area contributed by atoms with E-state index in [1.165, 1.54) is 6.21 Å². The van der Waals surface area contributed by atoms with Crippen LogP contribution in [0.15, 0.2) is 47.6 Å². The summed E-state index contributed by atoms with van der Waals surface area (Å²) in [6, 6.07) is 11.9. The highest BCUT2D eigenvalue weighted by Crippen LogP contribution is 2.19. The Morgan fingerprint density at radius 2 is 2.08 bits per heavy atom. The molecular weight excluding hydrogens is 349 g/mol. The van der Waals surface area contributed by atoms with E-state index in [4.69, 9.17) is 23.2 Å². The lowest BCUT2D eigenvalue weighted by molar-refractivity contribution is -0.124. The second kappa shape index (κ2) is 6.98. The summed E-state index contributed by atoms with van der Waals surface area (Å²) in [5.41, 5.74) is 4.64. The third-order valence-corrected chi connectivity index (χ3v) is 4.03. The van der Waals surface area contributed by atoms with Gasteiger partial charge in [0.1, 0.15) is 11.6 Å². The third-order valence-electron chi connectivity index (χ3n) is 3.46. The Bertz CT molecular complexity index is 922. The lowest BCUT2D eigenvalue weighted by Crippen LogP contribution is -2.28. The van der Waals surface area contributed by atoms with Gasteiger partial charge in [-0.2, -0.15) is 5.10 Å². The number of carbonyl (C=O) groups excluding carboxylic acids is 1. The topological polar surface area (TPSA) is 72.2 Å². The maximum Gasteiger partial charge on any atom is 0.264 e. The highest BCUT2D eigenvalue weighted by atomic mass is 35.5. The average Bonchev–Trinajstić information content (AvgIpc) is 3.00. The quantitative estimate of drug-likeness (QED) is 0.571. The fourth-order valence-corrected chi connectivity index (χ4v) is 2.61.